The van der Waals surface area contributed by atoms with Crippen molar-refractivity contribution in [2.45, 2.75) is 24.6 Å². The topological polar surface area (TPSA) is 32.3 Å². The second-order valence-electron chi connectivity index (χ2n) is 7.38. The fourth-order valence-corrected chi connectivity index (χ4v) is 3.97. The molecule has 1 N–H and O–H groups in total. The van der Waals surface area contributed by atoms with Gasteiger partial charge in [0.1, 0.15) is 5.82 Å². The van der Waals surface area contributed by atoms with Gasteiger partial charge < -0.3 is 10.2 Å². The number of carbonyl (C=O) groups is 1. The Morgan fingerprint density at radius 2 is 1.82 bits per heavy atom. The number of hydrogen-bond acceptors (Lipinski definition) is 2. The Morgan fingerprint density at radius 3 is 2.57 bits per heavy atom. The van der Waals surface area contributed by atoms with Crippen molar-refractivity contribution >= 4 is 5.91 Å². The number of halogens is 4. The Bertz CT molecular complexity index is 883. The van der Waals surface area contributed by atoms with Gasteiger partial charge >= 0.3 is 6.18 Å². The predicted molar refractivity (Wildman–Crippen MR) is 96.0 cm³/mol. The van der Waals surface area contributed by atoms with Crippen LogP contribution in [-0.4, -0.2) is 30.4 Å². The second kappa shape index (κ2) is 7.20. The fourth-order valence-electron chi connectivity index (χ4n) is 3.97. The highest BCUT2D eigenvalue weighted by atomic mass is 19.4. The molecule has 0 bridgehead atoms. The summed E-state index contributed by atoms with van der Waals surface area (Å²) in [6.45, 7) is 1.65. The lowest BCUT2D eigenvalue weighted by Gasteiger charge is -2.37. The van der Waals surface area contributed by atoms with Gasteiger partial charge in [0, 0.05) is 25.6 Å². The van der Waals surface area contributed by atoms with Gasteiger partial charge in [-0.25, -0.2) is 4.39 Å². The SMILES string of the molecule is O=C(C1CC1c1cccc(C(F)(F)F)c1)N1CCNCC1c1cccc(F)c1. The molecule has 0 radical (unpaired) electrons. The maximum Gasteiger partial charge on any atom is 0.416 e. The van der Waals surface area contributed by atoms with Gasteiger partial charge in [-0.2, -0.15) is 13.2 Å². The zero-order valence-corrected chi connectivity index (χ0v) is 15.0. The minimum Gasteiger partial charge on any atom is -0.333 e. The van der Waals surface area contributed by atoms with Crippen LogP contribution in [0, 0.1) is 11.7 Å². The molecule has 7 heteroatoms. The van der Waals surface area contributed by atoms with Crippen molar-refractivity contribution in [3.63, 3.8) is 0 Å². The van der Waals surface area contributed by atoms with Gasteiger partial charge in [0.05, 0.1) is 11.6 Å². The number of alkyl halides is 3. The van der Waals surface area contributed by atoms with Crippen molar-refractivity contribution in [1.29, 1.82) is 0 Å². The molecule has 28 heavy (non-hydrogen) atoms. The molecule has 2 aromatic rings. The molecule has 1 saturated carbocycles. The van der Waals surface area contributed by atoms with Crippen LogP contribution in [0.5, 0.6) is 0 Å². The number of piperazine rings is 1. The van der Waals surface area contributed by atoms with Crippen LogP contribution in [0.4, 0.5) is 17.6 Å². The molecule has 1 aliphatic heterocycles. The number of benzene rings is 2. The summed E-state index contributed by atoms with van der Waals surface area (Å²) < 4.78 is 52.5. The second-order valence-corrected chi connectivity index (χ2v) is 7.38. The lowest BCUT2D eigenvalue weighted by Crippen LogP contribution is -2.49. The summed E-state index contributed by atoms with van der Waals surface area (Å²) in [5, 5.41) is 3.22. The highest BCUT2D eigenvalue weighted by Crippen LogP contribution is 2.50. The zero-order chi connectivity index (χ0) is 19.9. The van der Waals surface area contributed by atoms with Crippen molar-refractivity contribution in [2.24, 2.45) is 5.92 Å². The first-order valence-corrected chi connectivity index (χ1v) is 9.28. The minimum atomic E-state index is -4.40. The molecular weight excluding hydrogens is 372 g/mol. The number of hydrogen-bond donors (Lipinski definition) is 1. The van der Waals surface area contributed by atoms with Gasteiger partial charge in [0.25, 0.3) is 0 Å². The minimum absolute atomic E-state index is 0.0711. The first kappa shape index (κ1) is 18.9. The Labute approximate surface area is 160 Å². The lowest BCUT2D eigenvalue weighted by atomic mass is 10.0. The van der Waals surface area contributed by atoms with Crippen LogP contribution in [0.15, 0.2) is 48.5 Å². The van der Waals surface area contributed by atoms with Crippen LogP contribution in [-0.2, 0) is 11.0 Å². The number of amides is 1. The molecule has 4 rings (SSSR count). The molecule has 3 nitrogen and oxygen atoms in total. The number of rotatable bonds is 3. The van der Waals surface area contributed by atoms with Gasteiger partial charge in [-0.15, -0.1) is 0 Å². The van der Waals surface area contributed by atoms with E-state index in [2.05, 4.69) is 5.32 Å². The number of nitrogens with zero attached hydrogens (tertiary/aromatic N) is 1. The normalized spacial score (nSPS) is 24.9. The van der Waals surface area contributed by atoms with Gasteiger partial charge in [-0.1, -0.05) is 30.3 Å². The maximum absolute atomic E-state index is 13.6. The number of nitrogens with one attached hydrogen (secondary N) is 1. The van der Waals surface area contributed by atoms with Crippen molar-refractivity contribution < 1.29 is 22.4 Å². The average Bonchev–Trinajstić information content (AvgIpc) is 3.48. The van der Waals surface area contributed by atoms with Gasteiger partial charge in [0.15, 0.2) is 0 Å². The van der Waals surface area contributed by atoms with E-state index in [9.17, 15) is 22.4 Å². The highest BCUT2D eigenvalue weighted by Gasteiger charge is 2.47. The Kier molecular flexibility index (Phi) is 4.87. The van der Waals surface area contributed by atoms with Gasteiger partial charge in [-0.05, 0) is 41.7 Å². The van der Waals surface area contributed by atoms with E-state index in [-0.39, 0.29) is 29.6 Å². The lowest BCUT2D eigenvalue weighted by molar-refractivity contribution is -0.137. The quantitative estimate of drug-likeness (QED) is 0.797. The van der Waals surface area contributed by atoms with E-state index < -0.39 is 11.7 Å². The van der Waals surface area contributed by atoms with E-state index in [1.807, 2.05) is 0 Å². The first-order chi connectivity index (χ1) is 13.3. The fraction of sp³-hybridized carbons (Fsp3) is 0.381. The monoisotopic (exact) mass is 392 g/mol. The van der Waals surface area contributed by atoms with Crippen LogP contribution in [0.1, 0.15) is 35.1 Å². The third-order valence-corrected chi connectivity index (χ3v) is 5.51. The Morgan fingerprint density at radius 1 is 1.07 bits per heavy atom. The van der Waals surface area contributed by atoms with Crippen LogP contribution >= 0.6 is 0 Å². The van der Waals surface area contributed by atoms with Crippen LogP contribution < -0.4 is 5.32 Å². The summed E-state index contributed by atoms with van der Waals surface area (Å²) in [6.07, 6.45) is -3.86. The molecule has 1 amide bonds. The largest absolute Gasteiger partial charge is 0.416 e. The van der Waals surface area contributed by atoms with E-state index in [0.29, 0.717) is 31.6 Å². The van der Waals surface area contributed by atoms with Crippen molar-refractivity contribution in [3.8, 4) is 0 Å². The van der Waals surface area contributed by atoms with Crippen molar-refractivity contribution in [1.82, 2.24) is 10.2 Å². The molecule has 2 aromatic carbocycles. The average molecular weight is 392 g/mol. The molecule has 1 aliphatic carbocycles. The van der Waals surface area contributed by atoms with E-state index >= 15 is 0 Å². The van der Waals surface area contributed by atoms with E-state index in [4.69, 9.17) is 0 Å². The molecule has 0 aromatic heterocycles. The molecule has 1 saturated heterocycles. The summed E-state index contributed by atoms with van der Waals surface area (Å²) in [4.78, 5) is 14.8. The van der Waals surface area contributed by atoms with Crippen LogP contribution in [0.25, 0.3) is 0 Å². The predicted octanol–water partition coefficient (Wildman–Crippen LogP) is 4.12. The molecule has 0 spiro atoms. The molecule has 3 atom stereocenters. The molecule has 1 heterocycles. The molecule has 2 aliphatic rings. The summed E-state index contributed by atoms with van der Waals surface area (Å²) in [5.74, 6) is -0.947. The molecular formula is C21H20F4N2O. The molecule has 3 unspecified atom stereocenters. The van der Waals surface area contributed by atoms with E-state index in [1.54, 1.807) is 23.1 Å². The zero-order valence-electron chi connectivity index (χ0n) is 15.0. The standard InChI is InChI=1S/C21H20F4N2O/c22-16-6-2-4-14(10-16)19-12-26-7-8-27(19)20(28)18-11-17(18)13-3-1-5-15(9-13)21(23,24)25/h1-6,9-10,17-19,26H,7-8,11-12H2. The molecule has 148 valence electrons. The van der Waals surface area contributed by atoms with Crippen molar-refractivity contribution in [2.75, 3.05) is 19.6 Å². The number of carbonyl (C=O) groups excluding carboxylic acids is 1. The summed E-state index contributed by atoms with van der Waals surface area (Å²) in [5.41, 5.74) is 0.574. The van der Waals surface area contributed by atoms with Gasteiger partial charge in [0.2, 0.25) is 5.91 Å². The van der Waals surface area contributed by atoms with Crippen molar-refractivity contribution in [3.05, 3.63) is 71.0 Å². The van der Waals surface area contributed by atoms with Gasteiger partial charge in [-0.3, -0.25) is 4.79 Å². The molecule has 2 fully saturated rings. The maximum atomic E-state index is 13.6. The summed E-state index contributed by atoms with van der Waals surface area (Å²) in [6, 6.07) is 11.1. The van der Waals surface area contributed by atoms with E-state index in [1.165, 1.54) is 18.2 Å². The third-order valence-electron chi connectivity index (χ3n) is 5.51. The summed E-state index contributed by atoms with van der Waals surface area (Å²) >= 11 is 0. The van der Waals surface area contributed by atoms with Crippen LogP contribution in [0.3, 0.4) is 0 Å². The first-order valence-electron chi connectivity index (χ1n) is 9.28. The third kappa shape index (κ3) is 3.76. The highest BCUT2D eigenvalue weighted by molar-refractivity contribution is 5.83. The van der Waals surface area contributed by atoms with E-state index in [0.717, 1.165) is 17.7 Å². The van der Waals surface area contributed by atoms with Crippen LogP contribution in [0.2, 0.25) is 0 Å². The Balaban J connectivity index is 1.52. The summed E-state index contributed by atoms with van der Waals surface area (Å²) in [7, 11) is 0. The Hall–Kier alpha value is -2.41. The smallest absolute Gasteiger partial charge is 0.333 e.